The number of aromatic nitrogens is 2. The van der Waals surface area contributed by atoms with Crippen molar-refractivity contribution in [3.05, 3.63) is 92.7 Å². The van der Waals surface area contributed by atoms with Gasteiger partial charge in [0, 0.05) is 27.9 Å². The molecule has 2 heterocycles. The van der Waals surface area contributed by atoms with Crippen molar-refractivity contribution in [1.82, 2.24) is 9.38 Å². The molecule has 9 heteroatoms. The van der Waals surface area contributed by atoms with Gasteiger partial charge in [0.2, 0.25) is 0 Å². The van der Waals surface area contributed by atoms with Gasteiger partial charge in [-0.2, -0.15) is 0 Å². The summed E-state index contributed by atoms with van der Waals surface area (Å²) in [6.07, 6.45) is 3.09. The van der Waals surface area contributed by atoms with E-state index >= 15 is 0 Å². The van der Waals surface area contributed by atoms with E-state index in [4.69, 9.17) is 27.9 Å². The number of pyridine rings is 1. The van der Waals surface area contributed by atoms with Gasteiger partial charge in [0.25, 0.3) is 5.69 Å². The number of ether oxygens (including phenoxy) is 1. The van der Waals surface area contributed by atoms with Crippen molar-refractivity contribution in [3.8, 4) is 17.0 Å². The third kappa shape index (κ3) is 4.06. The van der Waals surface area contributed by atoms with Gasteiger partial charge < -0.3 is 4.74 Å². The van der Waals surface area contributed by atoms with E-state index < -0.39 is 10.9 Å². The summed E-state index contributed by atoms with van der Waals surface area (Å²) in [5.41, 5.74) is 2.20. The van der Waals surface area contributed by atoms with Gasteiger partial charge in [-0.15, -0.1) is 0 Å². The number of hydrogen-bond acceptors (Lipinski definition) is 5. The smallest absolute Gasteiger partial charge is 0.343 e. The molecule has 29 heavy (non-hydrogen) atoms. The summed E-state index contributed by atoms with van der Waals surface area (Å²) in [4.78, 5) is 27.2. The van der Waals surface area contributed by atoms with Gasteiger partial charge in [-0.1, -0.05) is 23.2 Å². The second-order valence-corrected chi connectivity index (χ2v) is 6.98. The lowest BCUT2D eigenvalue weighted by Gasteiger charge is -2.06. The maximum absolute atomic E-state index is 12.3. The Kier molecular flexibility index (Phi) is 4.92. The molecule has 144 valence electrons. The maximum Gasteiger partial charge on any atom is 0.343 e. The van der Waals surface area contributed by atoms with Crippen LogP contribution in [0.15, 0.2) is 67.0 Å². The second kappa shape index (κ2) is 7.54. The molecule has 0 atom stereocenters. The lowest BCUT2D eigenvalue weighted by Crippen LogP contribution is -2.08. The van der Waals surface area contributed by atoms with Crippen LogP contribution in [0.2, 0.25) is 10.0 Å². The highest BCUT2D eigenvalue weighted by atomic mass is 35.5. The fraction of sp³-hybridized carbons (Fsp3) is 0. The third-order valence-electron chi connectivity index (χ3n) is 4.11. The summed E-state index contributed by atoms with van der Waals surface area (Å²) >= 11 is 11.8. The Hall–Kier alpha value is -3.42. The zero-order valence-corrected chi connectivity index (χ0v) is 16.1. The molecule has 0 fully saturated rings. The van der Waals surface area contributed by atoms with Crippen molar-refractivity contribution < 1.29 is 14.5 Å². The van der Waals surface area contributed by atoms with Crippen molar-refractivity contribution in [3.63, 3.8) is 0 Å². The monoisotopic (exact) mass is 427 g/mol. The van der Waals surface area contributed by atoms with E-state index in [0.717, 1.165) is 5.56 Å². The van der Waals surface area contributed by atoms with E-state index in [1.54, 1.807) is 40.9 Å². The number of imidazole rings is 1. The molecule has 2 aromatic heterocycles. The fourth-order valence-corrected chi connectivity index (χ4v) is 3.28. The number of hydrogen-bond donors (Lipinski definition) is 0. The molecule has 0 aliphatic rings. The predicted octanol–water partition coefficient (Wildman–Crippen LogP) is 5.44. The highest BCUT2D eigenvalue weighted by Gasteiger charge is 2.12. The van der Waals surface area contributed by atoms with Crippen LogP contribution in [0.3, 0.4) is 0 Å². The molecule has 0 saturated carbocycles. The van der Waals surface area contributed by atoms with Crippen molar-refractivity contribution >= 4 is 40.5 Å². The van der Waals surface area contributed by atoms with Crippen molar-refractivity contribution in [2.24, 2.45) is 0 Å². The lowest BCUT2D eigenvalue weighted by molar-refractivity contribution is -0.385. The quantitative estimate of drug-likeness (QED) is 0.187. The molecule has 0 spiro atoms. The van der Waals surface area contributed by atoms with Crippen molar-refractivity contribution in [1.29, 1.82) is 0 Å². The number of benzene rings is 2. The Balaban J connectivity index is 1.55. The van der Waals surface area contributed by atoms with Gasteiger partial charge in [-0.25, -0.2) is 9.78 Å². The summed E-state index contributed by atoms with van der Waals surface area (Å²) in [5, 5.41) is 11.6. The van der Waals surface area contributed by atoms with E-state index in [0.29, 0.717) is 27.1 Å². The van der Waals surface area contributed by atoms with E-state index in [2.05, 4.69) is 4.98 Å². The Morgan fingerprint density at radius 1 is 1.00 bits per heavy atom. The minimum absolute atomic E-state index is 0.0233. The number of rotatable bonds is 4. The zero-order valence-electron chi connectivity index (χ0n) is 14.6. The summed E-state index contributed by atoms with van der Waals surface area (Å²) in [6, 6.07) is 14.2. The van der Waals surface area contributed by atoms with Crippen LogP contribution < -0.4 is 4.74 Å². The Morgan fingerprint density at radius 2 is 1.69 bits per heavy atom. The van der Waals surface area contributed by atoms with E-state index in [1.807, 2.05) is 0 Å². The van der Waals surface area contributed by atoms with Crippen LogP contribution in [0.25, 0.3) is 16.9 Å². The molecular weight excluding hydrogens is 417 g/mol. The molecule has 0 aliphatic heterocycles. The van der Waals surface area contributed by atoms with Crippen LogP contribution >= 0.6 is 23.2 Å². The van der Waals surface area contributed by atoms with E-state index in [1.165, 1.54) is 30.5 Å². The summed E-state index contributed by atoms with van der Waals surface area (Å²) < 4.78 is 6.93. The molecule has 0 N–H and O–H groups in total. The number of esters is 1. The van der Waals surface area contributed by atoms with Gasteiger partial charge in [0.15, 0.2) is 0 Å². The number of halogens is 2. The molecule has 2 aromatic carbocycles. The summed E-state index contributed by atoms with van der Waals surface area (Å²) in [5.74, 6) is -0.239. The van der Waals surface area contributed by atoms with Crippen LogP contribution in [-0.2, 0) is 0 Å². The summed E-state index contributed by atoms with van der Waals surface area (Å²) in [7, 11) is 0. The van der Waals surface area contributed by atoms with Gasteiger partial charge >= 0.3 is 5.97 Å². The molecular formula is C20H11Cl2N3O4. The largest absolute Gasteiger partial charge is 0.423 e. The van der Waals surface area contributed by atoms with Crippen LogP contribution in [0.4, 0.5) is 5.69 Å². The molecule has 4 rings (SSSR count). The number of nitrogens with zero attached hydrogens (tertiary/aromatic N) is 3. The van der Waals surface area contributed by atoms with Gasteiger partial charge in [-0.05, 0) is 48.5 Å². The number of fused-ring (bicyclic) bond motifs is 1. The molecule has 7 nitrogen and oxygen atoms in total. The highest BCUT2D eigenvalue weighted by Crippen LogP contribution is 2.25. The molecule has 4 aromatic rings. The van der Waals surface area contributed by atoms with E-state index in [-0.39, 0.29) is 11.3 Å². The molecule has 0 aliphatic carbocycles. The topological polar surface area (TPSA) is 86.7 Å². The first kappa shape index (κ1) is 18.9. The zero-order chi connectivity index (χ0) is 20.5. The Morgan fingerprint density at radius 3 is 2.34 bits per heavy atom. The number of carbonyl (C=O) groups is 1. The van der Waals surface area contributed by atoms with Crippen LogP contribution in [0, 0.1) is 10.1 Å². The Bertz CT molecular complexity index is 1230. The predicted molar refractivity (Wildman–Crippen MR) is 109 cm³/mol. The summed E-state index contributed by atoms with van der Waals surface area (Å²) in [6.45, 7) is 0. The van der Waals surface area contributed by atoms with Crippen molar-refractivity contribution in [2.45, 2.75) is 0 Å². The molecule has 0 saturated heterocycles. The average molecular weight is 428 g/mol. The van der Waals surface area contributed by atoms with Crippen LogP contribution in [-0.4, -0.2) is 20.3 Å². The normalized spacial score (nSPS) is 10.8. The van der Waals surface area contributed by atoms with Crippen molar-refractivity contribution in [2.75, 3.05) is 0 Å². The first-order chi connectivity index (χ1) is 13.9. The van der Waals surface area contributed by atoms with Gasteiger partial charge in [-0.3, -0.25) is 14.5 Å². The minimum Gasteiger partial charge on any atom is -0.423 e. The van der Waals surface area contributed by atoms with Crippen LogP contribution in [0.5, 0.6) is 5.75 Å². The standard InChI is InChI=1S/C20H11Cl2N3O4/c21-14-7-13(8-15(22)9-14)20(26)29-17-4-1-12(2-5-17)18-11-24-10-16(25(27)28)3-6-19(24)23-18/h1-11H. The molecule has 0 radical (unpaired) electrons. The average Bonchev–Trinajstić information content (AvgIpc) is 3.11. The third-order valence-corrected chi connectivity index (χ3v) is 4.54. The lowest BCUT2D eigenvalue weighted by atomic mass is 10.1. The van der Waals surface area contributed by atoms with Gasteiger partial charge in [0.1, 0.15) is 11.4 Å². The molecule has 0 amide bonds. The van der Waals surface area contributed by atoms with Crippen LogP contribution in [0.1, 0.15) is 10.4 Å². The number of carbonyl (C=O) groups excluding carboxylic acids is 1. The van der Waals surface area contributed by atoms with Gasteiger partial charge in [0.05, 0.1) is 22.4 Å². The highest BCUT2D eigenvalue weighted by molar-refractivity contribution is 6.35. The minimum atomic E-state index is -0.581. The molecule has 0 bridgehead atoms. The molecule has 0 unspecified atom stereocenters. The second-order valence-electron chi connectivity index (χ2n) is 6.11. The first-order valence-corrected chi connectivity index (χ1v) is 9.06. The maximum atomic E-state index is 12.3. The first-order valence-electron chi connectivity index (χ1n) is 8.31. The SMILES string of the molecule is O=C(Oc1ccc(-c2cn3cc([N+](=O)[O-])ccc3n2)cc1)c1cc(Cl)cc(Cl)c1. The van der Waals surface area contributed by atoms with E-state index in [9.17, 15) is 14.9 Å². The number of nitro groups is 1. The Labute approximate surface area is 174 Å². The fourth-order valence-electron chi connectivity index (χ4n) is 2.76.